The van der Waals surface area contributed by atoms with E-state index < -0.39 is 0 Å². The molecule has 0 spiro atoms. The first-order chi connectivity index (χ1) is 8.70. The van der Waals surface area contributed by atoms with Crippen molar-refractivity contribution in [2.45, 2.75) is 13.5 Å². The molecule has 0 aliphatic heterocycles. The lowest BCUT2D eigenvalue weighted by Gasteiger charge is -2.07. The van der Waals surface area contributed by atoms with Crippen molar-refractivity contribution < 1.29 is 9.32 Å². The number of aryl methyl sites for hydroxylation is 1. The number of hydrogen-bond donors (Lipinski definition) is 3. The number of nitrogens with zero attached hydrogens (tertiary/aromatic N) is 2. The fraction of sp³-hybridized carbons (Fsp3) is 0.182. The number of carbonyl (C=O) groups is 1. The zero-order chi connectivity index (χ0) is 13.0. The number of nitrogens with one attached hydrogen (secondary N) is 2. The van der Waals surface area contributed by atoms with Crippen LogP contribution in [0.1, 0.15) is 21.8 Å². The van der Waals surface area contributed by atoms with Crippen LogP contribution in [-0.2, 0) is 6.54 Å². The number of anilines is 1. The summed E-state index contributed by atoms with van der Waals surface area (Å²) in [4.78, 5) is 15.8. The molecule has 0 aromatic carbocycles. The van der Waals surface area contributed by atoms with Gasteiger partial charge in [0.25, 0.3) is 5.91 Å². The molecule has 0 aliphatic carbocycles. The standard InChI is InChI=1S/C11H13N5O2/c1-7-5-8(18-16-7)6-14-11(17)9-3-2-4-13-10(9)15-12/h2-5H,6,12H2,1H3,(H,13,15)(H,14,17). The van der Waals surface area contributed by atoms with E-state index in [1.54, 1.807) is 24.4 Å². The molecule has 0 aliphatic rings. The Morgan fingerprint density at radius 1 is 1.56 bits per heavy atom. The van der Waals surface area contributed by atoms with E-state index in [-0.39, 0.29) is 12.5 Å². The van der Waals surface area contributed by atoms with E-state index in [4.69, 9.17) is 10.4 Å². The third kappa shape index (κ3) is 2.64. The fourth-order valence-electron chi connectivity index (χ4n) is 1.47. The number of pyridine rings is 1. The molecule has 18 heavy (non-hydrogen) atoms. The van der Waals surface area contributed by atoms with Crippen LogP contribution in [0.2, 0.25) is 0 Å². The van der Waals surface area contributed by atoms with E-state index in [1.807, 2.05) is 6.92 Å². The van der Waals surface area contributed by atoms with Crippen LogP contribution >= 0.6 is 0 Å². The third-order valence-corrected chi connectivity index (χ3v) is 2.29. The van der Waals surface area contributed by atoms with Crippen molar-refractivity contribution in [2.24, 2.45) is 5.84 Å². The molecule has 0 bridgehead atoms. The second kappa shape index (κ2) is 5.28. The van der Waals surface area contributed by atoms with Gasteiger partial charge in [-0.3, -0.25) is 4.79 Å². The van der Waals surface area contributed by atoms with Crippen molar-refractivity contribution in [3.8, 4) is 0 Å². The van der Waals surface area contributed by atoms with Gasteiger partial charge < -0.3 is 15.3 Å². The number of nitrogens with two attached hydrogens (primary N) is 1. The zero-order valence-electron chi connectivity index (χ0n) is 9.80. The van der Waals surface area contributed by atoms with E-state index in [9.17, 15) is 4.79 Å². The van der Waals surface area contributed by atoms with E-state index in [0.29, 0.717) is 17.1 Å². The smallest absolute Gasteiger partial charge is 0.255 e. The third-order valence-electron chi connectivity index (χ3n) is 2.29. The summed E-state index contributed by atoms with van der Waals surface area (Å²) >= 11 is 0. The van der Waals surface area contributed by atoms with Crippen LogP contribution < -0.4 is 16.6 Å². The highest BCUT2D eigenvalue weighted by atomic mass is 16.5. The maximum atomic E-state index is 11.9. The topological polar surface area (TPSA) is 106 Å². The molecule has 0 unspecified atom stereocenters. The van der Waals surface area contributed by atoms with Gasteiger partial charge in [0.15, 0.2) is 11.6 Å². The normalized spacial score (nSPS) is 10.1. The zero-order valence-corrected chi connectivity index (χ0v) is 9.80. The first-order valence-corrected chi connectivity index (χ1v) is 5.32. The maximum absolute atomic E-state index is 11.9. The highest BCUT2D eigenvalue weighted by Gasteiger charge is 2.11. The van der Waals surface area contributed by atoms with E-state index in [1.165, 1.54) is 0 Å². The SMILES string of the molecule is Cc1cc(CNC(=O)c2cccnc2NN)on1. The summed E-state index contributed by atoms with van der Waals surface area (Å²) in [5, 5.41) is 6.43. The van der Waals surface area contributed by atoms with Crippen LogP contribution in [0.15, 0.2) is 28.9 Å². The monoisotopic (exact) mass is 247 g/mol. The number of carbonyl (C=O) groups excluding carboxylic acids is 1. The van der Waals surface area contributed by atoms with Gasteiger partial charge in [0.1, 0.15) is 0 Å². The van der Waals surface area contributed by atoms with Crippen molar-refractivity contribution in [3.05, 3.63) is 41.4 Å². The highest BCUT2D eigenvalue weighted by molar-refractivity contribution is 5.98. The number of rotatable bonds is 4. The molecular weight excluding hydrogens is 234 g/mol. The largest absolute Gasteiger partial charge is 0.359 e. The molecule has 0 radical (unpaired) electrons. The number of aromatic nitrogens is 2. The van der Waals surface area contributed by atoms with Gasteiger partial charge in [-0.1, -0.05) is 5.16 Å². The minimum Gasteiger partial charge on any atom is -0.359 e. The molecule has 2 aromatic heterocycles. The molecule has 4 N–H and O–H groups in total. The average Bonchev–Trinajstić information content (AvgIpc) is 2.81. The van der Waals surface area contributed by atoms with Gasteiger partial charge in [-0.2, -0.15) is 0 Å². The second-order valence-electron chi connectivity index (χ2n) is 3.66. The van der Waals surface area contributed by atoms with Crippen LogP contribution in [0.3, 0.4) is 0 Å². The van der Waals surface area contributed by atoms with Gasteiger partial charge in [0.2, 0.25) is 0 Å². The molecule has 7 heteroatoms. The van der Waals surface area contributed by atoms with Crippen LogP contribution in [0, 0.1) is 6.92 Å². The summed E-state index contributed by atoms with van der Waals surface area (Å²) in [6, 6.07) is 5.04. The van der Waals surface area contributed by atoms with Crippen molar-refractivity contribution in [2.75, 3.05) is 5.43 Å². The number of hydrazine groups is 1. The van der Waals surface area contributed by atoms with Gasteiger partial charge in [0.05, 0.1) is 17.8 Å². The van der Waals surface area contributed by atoms with Gasteiger partial charge in [0, 0.05) is 12.3 Å². The Morgan fingerprint density at radius 2 is 2.39 bits per heavy atom. The predicted molar refractivity (Wildman–Crippen MR) is 64.5 cm³/mol. The summed E-state index contributed by atoms with van der Waals surface area (Å²) in [6.07, 6.45) is 1.55. The highest BCUT2D eigenvalue weighted by Crippen LogP contribution is 2.10. The molecule has 7 nitrogen and oxygen atoms in total. The van der Waals surface area contributed by atoms with Crippen molar-refractivity contribution >= 4 is 11.7 Å². The first-order valence-electron chi connectivity index (χ1n) is 5.32. The molecule has 1 amide bonds. The molecule has 2 aromatic rings. The predicted octanol–water partition coefficient (Wildman–Crippen LogP) is 0.594. The Morgan fingerprint density at radius 3 is 3.06 bits per heavy atom. The maximum Gasteiger partial charge on any atom is 0.255 e. The summed E-state index contributed by atoms with van der Waals surface area (Å²) in [5.74, 6) is 5.90. The number of nitrogen functional groups attached to an aromatic ring is 1. The Bertz CT molecular complexity index is 552. The molecule has 0 saturated carbocycles. The van der Waals surface area contributed by atoms with Crippen molar-refractivity contribution in [3.63, 3.8) is 0 Å². The quantitative estimate of drug-likeness (QED) is 0.539. The van der Waals surface area contributed by atoms with Gasteiger partial charge in [-0.25, -0.2) is 10.8 Å². The van der Waals surface area contributed by atoms with Gasteiger partial charge >= 0.3 is 0 Å². The Labute approximate surface area is 103 Å². The van der Waals surface area contributed by atoms with Crippen LogP contribution in [0.25, 0.3) is 0 Å². The van der Waals surface area contributed by atoms with Crippen molar-refractivity contribution in [1.82, 2.24) is 15.5 Å². The van der Waals surface area contributed by atoms with Crippen molar-refractivity contribution in [1.29, 1.82) is 0 Å². The number of amides is 1. The van der Waals surface area contributed by atoms with Crippen LogP contribution in [-0.4, -0.2) is 16.0 Å². The van der Waals surface area contributed by atoms with Gasteiger partial charge in [-0.05, 0) is 19.1 Å². The summed E-state index contributed by atoms with van der Waals surface area (Å²) in [6.45, 7) is 2.07. The minimum absolute atomic E-state index is 0.262. The summed E-state index contributed by atoms with van der Waals surface area (Å²) in [7, 11) is 0. The molecule has 2 heterocycles. The summed E-state index contributed by atoms with van der Waals surface area (Å²) in [5.41, 5.74) is 3.51. The van der Waals surface area contributed by atoms with E-state index in [2.05, 4.69) is 20.9 Å². The van der Waals surface area contributed by atoms with Gasteiger partial charge in [-0.15, -0.1) is 0 Å². The molecular formula is C11H13N5O2. The van der Waals surface area contributed by atoms with E-state index in [0.717, 1.165) is 5.69 Å². The Hall–Kier alpha value is -2.41. The molecule has 2 rings (SSSR count). The minimum atomic E-state index is -0.287. The second-order valence-corrected chi connectivity index (χ2v) is 3.66. The van der Waals surface area contributed by atoms with Crippen LogP contribution in [0.4, 0.5) is 5.82 Å². The fourth-order valence-corrected chi connectivity index (χ4v) is 1.47. The first kappa shape index (κ1) is 12.1. The van der Waals surface area contributed by atoms with Crippen LogP contribution in [0.5, 0.6) is 0 Å². The lowest BCUT2D eigenvalue weighted by atomic mass is 10.2. The Kier molecular flexibility index (Phi) is 3.54. The molecule has 94 valence electrons. The number of hydrogen-bond acceptors (Lipinski definition) is 6. The molecule has 0 fully saturated rings. The average molecular weight is 247 g/mol. The van der Waals surface area contributed by atoms with E-state index >= 15 is 0 Å². The lowest BCUT2D eigenvalue weighted by Crippen LogP contribution is -2.25. The Balaban J connectivity index is 2.03. The molecule has 0 saturated heterocycles. The lowest BCUT2D eigenvalue weighted by molar-refractivity contribution is 0.0947. The summed E-state index contributed by atoms with van der Waals surface area (Å²) < 4.78 is 4.99. The molecule has 0 atom stereocenters.